The fourth-order valence-corrected chi connectivity index (χ4v) is 3.82. The van der Waals surface area contributed by atoms with Crippen LogP contribution in [-0.2, 0) is 21.7 Å². The van der Waals surface area contributed by atoms with Gasteiger partial charge in [0.25, 0.3) is 5.91 Å². The van der Waals surface area contributed by atoms with Crippen LogP contribution < -0.4 is 10.6 Å². The first-order valence-corrected chi connectivity index (χ1v) is 9.43. The zero-order valence-electron chi connectivity index (χ0n) is 14.5. The Morgan fingerprint density at radius 2 is 1.96 bits per heavy atom. The number of benzene rings is 1. The highest BCUT2D eigenvalue weighted by atomic mass is 32.1. The summed E-state index contributed by atoms with van der Waals surface area (Å²) < 4.78 is 0. The standard InChI is InChI=1S/C19H21N3O3S/c1-2-10-19(14-7-4-3-5-8-14)17(24)22(18(25)21-19)13-16(23)20-12-15-9-6-11-26-15/h3-9,11H,2,10,12-13H2,1H3,(H,20,23)(H,21,25)/t19-/m0/s1. The van der Waals surface area contributed by atoms with Crippen molar-refractivity contribution in [2.45, 2.75) is 31.8 Å². The molecule has 0 aliphatic carbocycles. The first-order valence-electron chi connectivity index (χ1n) is 8.55. The van der Waals surface area contributed by atoms with Gasteiger partial charge in [-0.3, -0.25) is 14.5 Å². The molecule has 2 aromatic rings. The molecule has 0 radical (unpaired) electrons. The van der Waals surface area contributed by atoms with Crippen molar-refractivity contribution >= 4 is 29.2 Å². The third kappa shape index (κ3) is 3.48. The second-order valence-electron chi connectivity index (χ2n) is 6.20. The summed E-state index contributed by atoms with van der Waals surface area (Å²) in [6.07, 6.45) is 1.20. The summed E-state index contributed by atoms with van der Waals surface area (Å²) in [7, 11) is 0. The molecule has 4 amide bonds. The highest BCUT2D eigenvalue weighted by molar-refractivity contribution is 7.09. The average molecular weight is 371 g/mol. The molecule has 2 heterocycles. The average Bonchev–Trinajstić information content (AvgIpc) is 3.24. The van der Waals surface area contributed by atoms with Gasteiger partial charge >= 0.3 is 6.03 Å². The van der Waals surface area contributed by atoms with E-state index in [9.17, 15) is 14.4 Å². The van der Waals surface area contributed by atoms with E-state index >= 15 is 0 Å². The van der Waals surface area contributed by atoms with Crippen molar-refractivity contribution in [3.63, 3.8) is 0 Å². The van der Waals surface area contributed by atoms with Crippen LogP contribution in [0, 0.1) is 0 Å². The van der Waals surface area contributed by atoms with Crippen molar-refractivity contribution in [3.05, 3.63) is 58.3 Å². The predicted octanol–water partition coefficient (Wildman–Crippen LogP) is 2.61. The third-order valence-corrected chi connectivity index (χ3v) is 5.29. The molecule has 26 heavy (non-hydrogen) atoms. The van der Waals surface area contributed by atoms with Crippen LogP contribution >= 0.6 is 11.3 Å². The Hall–Kier alpha value is -2.67. The molecule has 1 fully saturated rings. The molecule has 6 nitrogen and oxygen atoms in total. The number of nitrogens with zero attached hydrogens (tertiary/aromatic N) is 1. The van der Waals surface area contributed by atoms with Crippen molar-refractivity contribution in [1.29, 1.82) is 0 Å². The number of hydrogen-bond donors (Lipinski definition) is 2. The molecule has 136 valence electrons. The molecule has 0 unspecified atom stereocenters. The molecule has 1 aliphatic rings. The van der Waals surface area contributed by atoms with Crippen LogP contribution in [0.3, 0.4) is 0 Å². The molecule has 7 heteroatoms. The Morgan fingerprint density at radius 3 is 2.62 bits per heavy atom. The summed E-state index contributed by atoms with van der Waals surface area (Å²) in [5.41, 5.74) is -0.358. The monoisotopic (exact) mass is 371 g/mol. The SMILES string of the molecule is CCC[C@@]1(c2ccccc2)NC(=O)N(CC(=O)NCc2cccs2)C1=O. The molecular formula is C19H21N3O3S. The van der Waals surface area contributed by atoms with Crippen molar-refractivity contribution in [2.24, 2.45) is 0 Å². The maximum Gasteiger partial charge on any atom is 0.325 e. The van der Waals surface area contributed by atoms with E-state index in [-0.39, 0.29) is 18.4 Å². The molecule has 1 aromatic carbocycles. The van der Waals surface area contributed by atoms with E-state index in [0.29, 0.717) is 13.0 Å². The van der Waals surface area contributed by atoms with E-state index in [0.717, 1.165) is 21.8 Å². The normalized spacial score (nSPS) is 19.5. The maximum atomic E-state index is 13.1. The van der Waals surface area contributed by atoms with E-state index in [2.05, 4.69) is 10.6 Å². The number of carbonyl (C=O) groups is 3. The highest BCUT2D eigenvalue weighted by Gasteiger charge is 2.52. The molecule has 1 saturated heterocycles. The van der Waals surface area contributed by atoms with Gasteiger partial charge in [0.1, 0.15) is 12.1 Å². The largest absolute Gasteiger partial charge is 0.350 e. The minimum atomic E-state index is -1.10. The van der Waals surface area contributed by atoms with Gasteiger partial charge in [0.05, 0.1) is 6.54 Å². The molecule has 0 bridgehead atoms. The summed E-state index contributed by atoms with van der Waals surface area (Å²) >= 11 is 1.54. The first kappa shape index (κ1) is 18.1. The number of amides is 4. The molecule has 3 rings (SSSR count). The van der Waals surface area contributed by atoms with Crippen molar-refractivity contribution < 1.29 is 14.4 Å². The van der Waals surface area contributed by atoms with Crippen LogP contribution in [0.2, 0.25) is 0 Å². The number of nitrogens with one attached hydrogen (secondary N) is 2. The van der Waals surface area contributed by atoms with Gasteiger partial charge in [0.15, 0.2) is 0 Å². The van der Waals surface area contributed by atoms with Crippen LogP contribution in [0.15, 0.2) is 47.8 Å². The summed E-state index contributed by atoms with van der Waals surface area (Å²) in [6.45, 7) is 2.06. The van der Waals surface area contributed by atoms with E-state index < -0.39 is 11.6 Å². The van der Waals surface area contributed by atoms with Crippen LogP contribution in [0.1, 0.15) is 30.2 Å². The number of imide groups is 1. The van der Waals surface area contributed by atoms with Crippen LogP contribution in [0.25, 0.3) is 0 Å². The Kier molecular flexibility index (Phi) is 5.37. The number of carbonyl (C=O) groups excluding carboxylic acids is 3. The summed E-state index contributed by atoms with van der Waals surface area (Å²) in [4.78, 5) is 39.7. The lowest BCUT2D eigenvalue weighted by atomic mass is 9.85. The smallest absolute Gasteiger partial charge is 0.325 e. The third-order valence-electron chi connectivity index (χ3n) is 4.41. The van der Waals surface area contributed by atoms with E-state index in [1.165, 1.54) is 11.3 Å². The lowest BCUT2D eigenvalue weighted by molar-refractivity contribution is -0.135. The van der Waals surface area contributed by atoms with Crippen LogP contribution in [-0.4, -0.2) is 29.3 Å². The Labute approximate surface area is 156 Å². The maximum absolute atomic E-state index is 13.1. The fourth-order valence-electron chi connectivity index (χ4n) is 3.18. The minimum absolute atomic E-state index is 0.283. The molecule has 1 aliphatic heterocycles. The lowest BCUT2D eigenvalue weighted by Crippen LogP contribution is -2.45. The molecule has 1 atom stereocenters. The van der Waals surface area contributed by atoms with Crippen LogP contribution in [0.4, 0.5) is 4.79 Å². The van der Waals surface area contributed by atoms with Gasteiger partial charge in [-0.1, -0.05) is 49.7 Å². The fraction of sp³-hybridized carbons (Fsp3) is 0.316. The summed E-state index contributed by atoms with van der Waals surface area (Å²) in [5.74, 6) is -0.732. The predicted molar refractivity (Wildman–Crippen MR) is 99.4 cm³/mol. The quantitative estimate of drug-likeness (QED) is 0.735. The zero-order chi connectivity index (χ0) is 18.6. The van der Waals surface area contributed by atoms with Crippen molar-refractivity contribution in [1.82, 2.24) is 15.5 Å². The van der Waals surface area contributed by atoms with Crippen LogP contribution in [0.5, 0.6) is 0 Å². The second kappa shape index (κ2) is 7.70. The number of rotatable bonds is 7. The summed E-state index contributed by atoms with van der Waals surface area (Å²) in [5, 5.41) is 7.50. The minimum Gasteiger partial charge on any atom is -0.350 e. The van der Waals surface area contributed by atoms with E-state index in [1.807, 2.05) is 54.8 Å². The van der Waals surface area contributed by atoms with Crippen molar-refractivity contribution in [2.75, 3.05) is 6.54 Å². The van der Waals surface area contributed by atoms with Gasteiger partial charge < -0.3 is 10.6 Å². The molecule has 2 N–H and O–H groups in total. The topological polar surface area (TPSA) is 78.5 Å². The first-order chi connectivity index (χ1) is 12.6. The number of hydrogen-bond acceptors (Lipinski definition) is 4. The van der Waals surface area contributed by atoms with Gasteiger partial charge in [0.2, 0.25) is 5.91 Å². The Bertz CT molecular complexity index is 792. The lowest BCUT2D eigenvalue weighted by Gasteiger charge is -2.26. The van der Waals surface area contributed by atoms with Gasteiger partial charge in [-0.05, 0) is 23.4 Å². The van der Waals surface area contributed by atoms with Gasteiger partial charge in [-0.15, -0.1) is 11.3 Å². The number of thiophene rings is 1. The summed E-state index contributed by atoms with van der Waals surface area (Å²) in [6, 6.07) is 12.5. The molecule has 0 saturated carbocycles. The zero-order valence-corrected chi connectivity index (χ0v) is 15.3. The Balaban J connectivity index is 1.73. The van der Waals surface area contributed by atoms with Gasteiger partial charge in [0, 0.05) is 4.88 Å². The van der Waals surface area contributed by atoms with Gasteiger partial charge in [-0.2, -0.15) is 0 Å². The van der Waals surface area contributed by atoms with E-state index in [1.54, 1.807) is 0 Å². The Morgan fingerprint density at radius 1 is 1.19 bits per heavy atom. The molecular weight excluding hydrogens is 350 g/mol. The molecule has 0 spiro atoms. The van der Waals surface area contributed by atoms with Crippen molar-refractivity contribution in [3.8, 4) is 0 Å². The van der Waals surface area contributed by atoms with Gasteiger partial charge in [-0.25, -0.2) is 4.79 Å². The second-order valence-corrected chi connectivity index (χ2v) is 7.23. The molecule has 1 aromatic heterocycles. The number of urea groups is 1. The van der Waals surface area contributed by atoms with E-state index in [4.69, 9.17) is 0 Å². The highest BCUT2D eigenvalue weighted by Crippen LogP contribution is 2.33.